The normalized spacial score (nSPS) is 11.2. The number of oxazole rings is 1. The van der Waals surface area contributed by atoms with E-state index in [1.54, 1.807) is 24.5 Å². The van der Waals surface area contributed by atoms with Gasteiger partial charge in [-0.1, -0.05) is 18.2 Å². The van der Waals surface area contributed by atoms with Gasteiger partial charge in [0.1, 0.15) is 0 Å². The zero-order chi connectivity index (χ0) is 24.1. The second kappa shape index (κ2) is 10.3. The minimum atomic E-state index is -0.505. The number of fused-ring (bicyclic) bond motifs is 1. The highest BCUT2D eigenvalue weighted by Gasteiger charge is 2.14. The summed E-state index contributed by atoms with van der Waals surface area (Å²) < 4.78 is 17.3. The summed E-state index contributed by atoms with van der Waals surface area (Å²) in [5, 5.41) is 0. The SMILES string of the molecule is COC(=O)c1ccc2c(c1)oc(=O)n2Cc1cccc(-c2ncc(OCCCN(C)C)cn2)c1. The summed E-state index contributed by atoms with van der Waals surface area (Å²) in [7, 11) is 5.36. The Morgan fingerprint density at radius 3 is 2.65 bits per heavy atom. The molecule has 2 aromatic heterocycles. The van der Waals surface area contributed by atoms with Gasteiger partial charge in [-0.25, -0.2) is 19.6 Å². The van der Waals surface area contributed by atoms with Crippen molar-refractivity contribution in [3.63, 3.8) is 0 Å². The van der Waals surface area contributed by atoms with Crippen molar-refractivity contribution >= 4 is 17.1 Å². The molecule has 2 aromatic carbocycles. The van der Waals surface area contributed by atoms with Crippen molar-refractivity contribution in [2.75, 3.05) is 34.4 Å². The van der Waals surface area contributed by atoms with Gasteiger partial charge in [0.25, 0.3) is 0 Å². The summed E-state index contributed by atoms with van der Waals surface area (Å²) in [5.41, 5.74) is 2.95. The van der Waals surface area contributed by atoms with Gasteiger partial charge in [-0.3, -0.25) is 4.57 Å². The summed E-state index contributed by atoms with van der Waals surface area (Å²) in [6.45, 7) is 1.85. The number of ether oxygens (including phenoxy) is 2. The predicted molar refractivity (Wildman–Crippen MR) is 127 cm³/mol. The zero-order valence-electron chi connectivity index (χ0n) is 19.4. The number of hydrogen-bond donors (Lipinski definition) is 0. The van der Waals surface area contributed by atoms with Crippen molar-refractivity contribution < 1.29 is 18.7 Å². The number of aromatic nitrogens is 3. The van der Waals surface area contributed by atoms with Crippen molar-refractivity contribution in [3.05, 3.63) is 76.5 Å². The molecule has 0 radical (unpaired) electrons. The maximum absolute atomic E-state index is 12.5. The van der Waals surface area contributed by atoms with Crippen molar-refractivity contribution in [1.29, 1.82) is 0 Å². The van der Waals surface area contributed by atoms with Crippen LogP contribution in [0.3, 0.4) is 0 Å². The monoisotopic (exact) mass is 462 g/mol. The van der Waals surface area contributed by atoms with Crippen molar-refractivity contribution in [1.82, 2.24) is 19.4 Å². The fraction of sp³-hybridized carbons (Fsp3) is 0.280. The van der Waals surface area contributed by atoms with E-state index in [0.29, 0.717) is 41.4 Å². The minimum absolute atomic E-state index is 0.296. The molecule has 0 fully saturated rings. The Labute approximate surface area is 196 Å². The molecular weight excluding hydrogens is 436 g/mol. The second-order valence-corrected chi connectivity index (χ2v) is 8.08. The summed E-state index contributed by atoms with van der Waals surface area (Å²) in [6.07, 6.45) is 4.25. The maximum Gasteiger partial charge on any atom is 0.420 e. The molecule has 0 spiro atoms. The summed E-state index contributed by atoms with van der Waals surface area (Å²) in [5.74, 6) is 0.195. The Kier molecular flexibility index (Phi) is 7.03. The first-order valence-electron chi connectivity index (χ1n) is 10.8. The van der Waals surface area contributed by atoms with Gasteiger partial charge < -0.3 is 18.8 Å². The Morgan fingerprint density at radius 1 is 1.12 bits per heavy atom. The molecule has 4 aromatic rings. The molecule has 0 aliphatic rings. The molecule has 0 N–H and O–H groups in total. The Balaban J connectivity index is 1.50. The zero-order valence-corrected chi connectivity index (χ0v) is 19.4. The molecule has 4 rings (SSSR count). The van der Waals surface area contributed by atoms with Crippen molar-refractivity contribution in [2.45, 2.75) is 13.0 Å². The lowest BCUT2D eigenvalue weighted by molar-refractivity contribution is 0.0600. The molecule has 9 nitrogen and oxygen atoms in total. The molecule has 2 heterocycles. The maximum atomic E-state index is 12.5. The average molecular weight is 463 g/mol. The molecule has 0 unspecified atom stereocenters. The van der Waals surface area contributed by atoms with Gasteiger partial charge in [0.15, 0.2) is 17.2 Å². The van der Waals surface area contributed by atoms with E-state index in [4.69, 9.17) is 13.9 Å². The van der Waals surface area contributed by atoms with Crippen LogP contribution in [0.5, 0.6) is 5.75 Å². The average Bonchev–Trinajstić information content (AvgIpc) is 3.15. The Morgan fingerprint density at radius 2 is 1.91 bits per heavy atom. The Bertz CT molecular complexity index is 1340. The van der Waals surface area contributed by atoms with Crippen LogP contribution in [0.4, 0.5) is 0 Å². The number of rotatable bonds is 9. The second-order valence-electron chi connectivity index (χ2n) is 8.08. The predicted octanol–water partition coefficient (Wildman–Crippen LogP) is 3.22. The van der Waals surface area contributed by atoms with E-state index in [9.17, 15) is 9.59 Å². The number of benzene rings is 2. The van der Waals surface area contributed by atoms with Crippen LogP contribution in [0, 0.1) is 0 Å². The van der Waals surface area contributed by atoms with E-state index < -0.39 is 11.7 Å². The molecule has 9 heteroatoms. The molecule has 0 saturated carbocycles. The summed E-state index contributed by atoms with van der Waals surface area (Å²) >= 11 is 0. The molecule has 0 aliphatic heterocycles. The van der Waals surface area contributed by atoms with Crippen LogP contribution in [0.25, 0.3) is 22.5 Å². The summed E-state index contributed by atoms with van der Waals surface area (Å²) in [4.78, 5) is 35.2. The molecule has 0 saturated heterocycles. The minimum Gasteiger partial charge on any atom is -0.490 e. The fourth-order valence-corrected chi connectivity index (χ4v) is 3.56. The van der Waals surface area contributed by atoms with Crippen LogP contribution in [0.1, 0.15) is 22.3 Å². The Hall–Kier alpha value is -3.98. The standard InChI is InChI=1S/C25H26N4O5/c1-28(2)10-5-11-33-20-14-26-23(27-15-20)18-7-4-6-17(12-18)16-29-21-9-8-19(24(30)32-3)13-22(21)34-25(29)31/h4,6-9,12-15H,5,10-11,16H2,1-3H3. The highest BCUT2D eigenvalue weighted by atomic mass is 16.5. The van der Waals surface area contributed by atoms with Gasteiger partial charge in [-0.05, 0) is 50.3 Å². The molecule has 0 atom stereocenters. The largest absolute Gasteiger partial charge is 0.490 e. The molecular formula is C25H26N4O5. The fourth-order valence-electron chi connectivity index (χ4n) is 3.56. The third-order valence-corrected chi connectivity index (χ3v) is 5.26. The number of carbonyl (C=O) groups excluding carboxylic acids is 1. The molecule has 176 valence electrons. The van der Waals surface area contributed by atoms with E-state index in [1.807, 2.05) is 38.4 Å². The number of hydrogen-bond acceptors (Lipinski definition) is 8. The number of carbonyl (C=O) groups is 1. The van der Waals surface area contributed by atoms with Crippen LogP contribution < -0.4 is 10.5 Å². The highest BCUT2D eigenvalue weighted by molar-refractivity contribution is 5.93. The molecule has 0 amide bonds. The lowest BCUT2D eigenvalue weighted by Crippen LogP contribution is -2.15. The lowest BCUT2D eigenvalue weighted by atomic mass is 10.1. The van der Waals surface area contributed by atoms with Gasteiger partial charge in [0.05, 0.1) is 43.7 Å². The third kappa shape index (κ3) is 5.32. The topological polar surface area (TPSA) is 99.7 Å². The first kappa shape index (κ1) is 23.2. The quantitative estimate of drug-likeness (QED) is 0.276. The molecule has 0 aliphatic carbocycles. The van der Waals surface area contributed by atoms with Crippen molar-refractivity contribution in [3.8, 4) is 17.1 Å². The number of methoxy groups -OCH3 is 1. The van der Waals surface area contributed by atoms with Crippen molar-refractivity contribution in [2.24, 2.45) is 0 Å². The van der Waals surface area contributed by atoms with Gasteiger partial charge in [-0.2, -0.15) is 0 Å². The van der Waals surface area contributed by atoms with Crippen LogP contribution in [-0.4, -0.2) is 59.8 Å². The van der Waals surface area contributed by atoms with E-state index in [2.05, 4.69) is 14.9 Å². The lowest BCUT2D eigenvalue weighted by Gasteiger charge is -2.10. The molecule has 0 bridgehead atoms. The van der Waals surface area contributed by atoms with Gasteiger partial charge in [0.2, 0.25) is 0 Å². The first-order chi connectivity index (χ1) is 16.4. The van der Waals surface area contributed by atoms with Crippen LogP contribution in [0.2, 0.25) is 0 Å². The number of nitrogens with zero attached hydrogens (tertiary/aromatic N) is 4. The number of esters is 1. The van der Waals surface area contributed by atoms with Gasteiger partial charge in [0, 0.05) is 12.1 Å². The van der Waals surface area contributed by atoms with E-state index in [-0.39, 0.29) is 0 Å². The molecule has 34 heavy (non-hydrogen) atoms. The third-order valence-electron chi connectivity index (χ3n) is 5.26. The van der Waals surface area contributed by atoms with E-state index in [1.165, 1.54) is 17.7 Å². The van der Waals surface area contributed by atoms with Crippen LogP contribution in [-0.2, 0) is 11.3 Å². The first-order valence-corrected chi connectivity index (χ1v) is 10.8. The van der Waals surface area contributed by atoms with E-state index >= 15 is 0 Å². The van der Waals surface area contributed by atoms with Gasteiger partial charge in [-0.15, -0.1) is 0 Å². The smallest absolute Gasteiger partial charge is 0.420 e. The summed E-state index contributed by atoms with van der Waals surface area (Å²) in [6, 6.07) is 12.4. The highest BCUT2D eigenvalue weighted by Crippen LogP contribution is 2.21. The van der Waals surface area contributed by atoms with E-state index in [0.717, 1.165) is 24.1 Å². The van der Waals surface area contributed by atoms with Crippen LogP contribution >= 0.6 is 0 Å². The van der Waals surface area contributed by atoms with Crippen LogP contribution in [0.15, 0.2) is 64.1 Å². The van der Waals surface area contributed by atoms with Gasteiger partial charge >= 0.3 is 11.7 Å².